The maximum Gasteiger partial charge on any atom is 0.131 e. The number of aliphatic hydroxyl groups is 1. The molecule has 1 fully saturated rings. The van der Waals surface area contributed by atoms with E-state index in [9.17, 15) is 4.39 Å². The molecule has 0 aliphatic carbocycles. The van der Waals surface area contributed by atoms with Crippen molar-refractivity contribution in [2.24, 2.45) is 5.92 Å². The minimum atomic E-state index is -0.944. The van der Waals surface area contributed by atoms with Crippen LogP contribution in [-0.2, 0) is 4.74 Å². The third-order valence-electron chi connectivity index (χ3n) is 1.36. The Bertz CT molecular complexity index is 76.8. The Morgan fingerprint density at radius 3 is 2.62 bits per heavy atom. The van der Waals surface area contributed by atoms with Crippen LogP contribution in [0.3, 0.4) is 0 Å². The lowest BCUT2D eigenvalue weighted by atomic mass is 10.1. The fourth-order valence-electron chi connectivity index (χ4n) is 0.740. The van der Waals surface area contributed by atoms with Crippen molar-refractivity contribution in [1.82, 2.24) is 0 Å². The SMILES string of the molecule is OC[C@H]1COC[C@H]1F. The Kier molecular flexibility index (Phi) is 1.81. The molecule has 0 amide bonds. The molecule has 48 valence electrons. The molecule has 0 aromatic rings. The van der Waals surface area contributed by atoms with E-state index in [1.807, 2.05) is 0 Å². The van der Waals surface area contributed by atoms with Crippen LogP contribution in [0.15, 0.2) is 0 Å². The molecule has 1 aliphatic rings. The predicted octanol–water partition coefficient (Wildman–Crippen LogP) is -0.0368. The molecule has 3 heteroatoms. The van der Waals surface area contributed by atoms with Crippen molar-refractivity contribution in [1.29, 1.82) is 0 Å². The Hall–Kier alpha value is -0.150. The van der Waals surface area contributed by atoms with Gasteiger partial charge in [0.1, 0.15) is 6.17 Å². The number of hydrogen-bond donors (Lipinski definition) is 1. The summed E-state index contributed by atoms with van der Waals surface area (Å²) in [5.74, 6) is -0.269. The second kappa shape index (κ2) is 2.42. The average molecular weight is 120 g/mol. The van der Waals surface area contributed by atoms with Gasteiger partial charge in [-0.3, -0.25) is 0 Å². The second-order valence-electron chi connectivity index (χ2n) is 2.00. The summed E-state index contributed by atoms with van der Waals surface area (Å²) in [5.41, 5.74) is 0. The third kappa shape index (κ3) is 0.980. The highest BCUT2D eigenvalue weighted by molar-refractivity contribution is 4.72. The molecule has 0 unspecified atom stereocenters. The van der Waals surface area contributed by atoms with E-state index in [2.05, 4.69) is 0 Å². The zero-order chi connectivity index (χ0) is 5.98. The number of alkyl halides is 1. The molecule has 8 heavy (non-hydrogen) atoms. The third-order valence-corrected chi connectivity index (χ3v) is 1.36. The smallest absolute Gasteiger partial charge is 0.131 e. The van der Waals surface area contributed by atoms with Gasteiger partial charge in [0.2, 0.25) is 0 Å². The zero-order valence-electron chi connectivity index (χ0n) is 4.51. The lowest BCUT2D eigenvalue weighted by molar-refractivity contribution is 0.160. The van der Waals surface area contributed by atoms with Gasteiger partial charge in [-0.25, -0.2) is 4.39 Å². The monoisotopic (exact) mass is 120 g/mol. The normalized spacial score (nSPS) is 38.2. The second-order valence-corrected chi connectivity index (χ2v) is 2.00. The fourth-order valence-corrected chi connectivity index (χ4v) is 0.740. The van der Waals surface area contributed by atoms with Crippen LogP contribution in [0.1, 0.15) is 0 Å². The van der Waals surface area contributed by atoms with Gasteiger partial charge in [-0.05, 0) is 0 Å². The quantitative estimate of drug-likeness (QED) is 0.526. The lowest BCUT2D eigenvalue weighted by Gasteiger charge is -2.02. The maximum atomic E-state index is 12.3. The molecule has 1 rings (SSSR count). The van der Waals surface area contributed by atoms with Gasteiger partial charge in [0.05, 0.1) is 19.8 Å². The molecule has 1 heterocycles. The molecule has 0 saturated carbocycles. The highest BCUT2D eigenvalue weighted by atomic mass is 19.1. The van der Waals surface area contributed by atoms with E-state index in [0.29, 0.717) is 6.61 Å². The topological polar surface area (TPSA) is 29.5 Å². The first-order valence-electron chi connectivity index (χ1n) is 2.67. The maximum absolute atomic E-state index is 12.3. The summed E-state index contributed by atoms with van der Waals surface area (Å²) in [6, 6.07) is 0. The number of hydrogen-bond acceptors (Lipinski definition) is 2. The first kappa shape index (κ1) is 5.98. The molecule has 0 bridgehead atoms. The highest BCUT2D eigenvalue weighted by Gasteiger charge is 2.26. The minimum Gasteiger partial charge on any atom is -0.396 e. The summed E-state index contributed by atoms with van der Waals surface area (Å²) in [7, 11) is 0. The number of ether oxygens (including phenoxy) is 1. The molecule has 0 aromatic carbocycles. The lowest BCUT2D eigenvalue weighted by Crippen LogP contribution is -2.16. The molecule has 0 spiro atoms. The van der Waals surface area contributed by atoms with Crippen LogP contribution in [-0.4, -0.2) is 31.1 Å². The van der Waals surface area contributed by atoms with Gasteiger partial charge >= 0.3 is 0 Å². The minimum absolute atomic E-state index is 0.0961. The molecular formula is C5H9FO2. The van der Waals surface area contributed by atoms with Crippen LogP contribution in [0.25, 0.3) is 0 Å². The first-order chi connectivity index (χ1) is 3.84. The van der Waals surface area contributed by atoms with Gasteiger partial charge in [0, 0.05) is 5.92 Å². The highest BCUT2D eigenvalue weighted by Crippen LogP contribution is 2.15. The van der Waals surface area contributed by atoms with Crippen molar-refractivity contribution < 1.29 is 14.2 Å². The summed E-state index contributed by atoms with van der Waals surface area (Å²) >= 11 is 0. The van der Waals surface area contributed by atoms with E-state index in [1.54, 1.807) is 0 Å². The van der Waals surface area contributed by atoms with Crippen molar-refractivity contribution in [3.63, 3.8) is 0 Å². The summed E-state index contributed by atoms with van der Waals surface area (Å²) in [6.45, 7) is 0.435. The zero-order valence-corrected chi connectivity index (χ0v) is 4.51. The first-order valence-corrected chi connectivity index (χ1v) is 2.67. The Morgan fingerprint density at radius 2 is 2.38 bits per heavy atom. The van der Waals surface area contributed by atoms with Gasteiger partial charge in [-0.15, -0.1) is 0 Å². The Balaban J connectivity index is 2.30. The number of aliphatic hydroxyl groups excluding tert-OH is 1. The van der Waals surface area contributed by atoms with Crippen molar-refractivity contribution in [3.05, 3.63) is 0 Å². The molecule has 1 aliphatic heterocycles. The van der Waals surface area contributed by atoms with Crippen LogP contribution >= 0.6 is 0 Å². The van der Waals surface area contributed by atoms with Crippen molar-refractivity contribution in [2.45, 2.75) is 6.17 Å². The van der Waals surface area contributed by atoms with E-state index >= 15 is 0 Å². The number of rotatable bonds is 1. The molecular weight excluding hydrogens is 111 g/mol. The van der Waals surface area contributed by atoms with Crippen LogP contribution in [0.2, 0.25) is 0 Å². The molecule has 1 saturated heterocycles. The average Bonchev–Trinajstić information content (AvgIpc) is 2.14. The molecule has 0 aromatic heterocycles. The molecule has 2 nitrogen and oxygen atoms in total. The van der Waals surface area contributed by atoms with Gasteiger partial charge < -0.3 is 9.84 Å². The summed E-state index contributed by atoms with van der Waals surface area (Å²) in [4.78, 5) is 0. The summed E-state index contributed by atoms with van der Waals surface area (Å²) in [5, 5.41) is 8.42. The standard InChI is InChI=1S/C5H9FO2/c6-5-3-8-2-4(5)1-7/h4-5,7H,1-3H2/t4-,5+/m0/s1. The molecule has 1 N–H and O–H groups in total. The van der Waals surface area contributed by atoms with Gasteiger partial charge in [0.25, 0.3) is 0 Å². The van der Waals surface area contributed by atoms with Crippen LogP contribution in [0.5, 0.6) is 0 Å². The van der Waals surface area contributed by atoms with Crippen molar-refractivity contribution in [2.75, 3.05) is 19.8 Å². The van der Waals surface area contributed by atoms with E-state index in [1.165, 1.54) is 0 Å². The van der Waals surface area contributed by atoms with Crippen LogP contribution in [0.4, 0.5) is 4.39 Å². The predicted molar refractivity (Wildman–Crippen MR) is 26.3 cm³/mol. The van der Waals surface area contributed by atoms with E-state index in [-0.39, 0.29) is 19.1 Å². The van der Waals surface area contributed by atoms with E-state index < -0.39 is 6.17 Å². The van der Waals surface area contributed by atoms with Crippen molar-refractivity contribution >= 4 is 0 Å². The van der Waals surface area contributed by atoms with Crippen LogP contribution < -0.4 is 0 Å². The summed E-state index contributed by atoms with van der Waals surface area (Å²) < 4.78 is 17.0. The fraction of sp³-hybridized carbons (Fsp3) is 1.00. The van der Waals surface area contributed by atoms with Gasteiger partial charge in [-0.2, -0.15) is 0 Å². The van der Waals surface area contributed by atoms with Crippen LogP contribution in [0, 0.1) is 5.92 Å². The molecule has 0 radical (unpaired) electrons. The Labute approximate surface area is 47.3 Å². The molecule has 2 atom stereocenters. The largest absolute Gasteiger partial charge is 0.396 e. The Morgan fingerprint density at radius 1 is 1.62 bits per heavy atom. The van der Waals surface area contributed by atoms with Crippen molar-refractivity contribution in [3.8, 4) is 0 Å². The van der Waals surface area contributed by atoms with Gasteiger partial charge in [0.15, 0.2) is 0 Å². The van der Waals surface area contributed by atoms with E-state index in [0.717, 1.165) is 0 Å². The summed E-state index contributed by atoms with van der Waals surface area (Å²) in [6.07, 6.45) is -0.944. The van der Waals surface area contributed by atoms with E-state index in [4.69, 9.17) is 9.84 Å². The van der Waals surface area contributed by atoms with Gasteiger partial charge in [-0.1, -0.05) is 0 Å². The number of halogens is 1.